The molecule has 1 amide bonds. The standard InChI is InChI=1S/C12H7Br2N3O3/c13-8-4-7(5-9(6-8)17(19)20)12(18)16-11-3-1-2-10(14)15-11/h1-6H,(H,15,16,18). The molecule has 0 unspecified atom stereocenters. The molecule has 0 aliphatic heterocycles. The summed E-state index contributed by atoms with van der Waals surface area (Å²) < 4.78 is 1.04. The van der Waals surface area contributed by atoms with Crippen LogP contribution in [0.25, 0.3) is 0 Å². The van der Waals surface area contributed by atoms with Crippen LogP contribution in [0.2, 0.25) is 0 Å². The van der Waals surface area contributed by atoms with Crippen molar-refractivity contribution in [2.45, 2.75) is 0 Å². The monoisotopic (exact) mass is 399 g/mol. The number of anilines is 1. The molecule has 102 valence electrons. The zero-order valence-corrected chi connectivity index (χ0v) is 13.0. The first-order valence-electron chi connectivity index (χ1n) is 5.34. The van der Waals surface area contributed by atoms with E-state index in [1.54, 1.807) is 18.2 Å². The Morgan fingerprint density at radius 2 is 2.00 bits per heavy atom. The lowest BCUT2D eigenvalue weighted by atomic mass is 10.2. The van der Waals surface area contributed by atoms with Crippen LogP contribution in [0.4, 0.5) is 11.5 Å². The number of aromatic nitrogens is 1. The Kier molecular flexibility index (Phi) is 4.46. The molecule has 0 fully saturated rings. The SMILES string of the molecule is O=C(Nc1cccc(Br)n1)c1cc(Br)cc([N+](=O)[O-])c1. The highest BCUT2D eigenvalue weighted by Gasteiger charge is 2.14. The van der Waals surface area contributed by atoms with Gasteiger partial charge in [0.1, 0.15) is 10.4 Å². The Morgan fingerprint density at radius 3 is 2.65 bits per heavy atom. The predicted octanol–water partition coefficient (Wildman–Crippen LogP) is 3.77. The summed E-state index contributed by atoms with van der Waals surface area (Å²) in [5.41, 5.74) is 0.0135. The summed E-state index contributed by atoms with van der Waals surface area (Å²) in [7, 11) is 0. The normalized spacial score (nSPS) is 10.1. The summed E-state index contributed by atoms with van der Waals surface area (Å²) >= 11 is 6.33. The number of hydrogen-bond acceptors (Lipinski definition) is 4. The van der Waals surface area contributed by atoms with Gasteiger partial charge in [-0.2, -0.15) is 0 Å². The van der Waals surface area contributed by atoms with Crippen molar-refractivity contribution in [3.8, 4) is 0 Å². The van der Waals surface area contributed by atoms with Crippen molar-refractivity contribution in [3.05, 3.63) is 61.2 Å². The fourth-order valence-corrected chi connectivity index (χ4v) is 2.30. The largest absolute Gasteiger partial charge is 0.307 e. The molecule has 0 radical (unpaired) electrons. The molecule has 0 bridgehead atoms. The van der Waals surface area contributed by atoms with Gasteiger partial charge in [-0.25, -0.2) is 4.98 Å². The second kappa shape index (κ2) is 6.10. The number of halogens is 2. The van der Waals surface area contributed by atoms with Crippen LogP contribution < -0.4 is 5.32 Å². The van der Waals surface area contributed by atoms with Gasteiger partial charge < -0.3 is 5.32 Å². The molecule has 1 aromatic heterocycles. The van der Waals surface area contributed by atoms with E-state index in [1.165, 1.54) is 18.2 Å². The molecular weight excluding hydrogens is 394 g/mol. The van der Waals surface area contributed by atoms with Gasteiger partial charge in [0.25, 0.3) is 11.6 Å². The van der Waals surface area contributed by atoms with Crippen LogP contribution in [0.5, 0.6) is 0 Å². The maximum absolute atomic E-state index is 12.0. The smallest absolute Gasteiger partial charge is 0.271 e. The Balaban J connectivity index is 2.27. The van der Waals surface area contributed by atoms with E-state index in [4.69, 9.17) is 0 Å². The fraction of sp³-hybridized carbons (Fsp3) is 0. The van der Waals surface area contributed by atoms with E-state index < -0.39 is 10.8 Å². The second-order valence-electron chi connectivity index (χ2n) is 3.75. The number of nitrogens with one attached hydrogen (secondary N) is 1. The Hall–Kier alpha value is -1.80. The summed E-state index contributed by atoms with van der Waals surface area (Å²) in [5, 5.41) is 13.3. The Bertz CT molecular complexity index is 691. The van der Waals surface area contributed by atoms with Crippen LogP contribution in [-0.4, -0.2) is 15.8 Å². The molecule has 0 aliphatic carbocycles. The Morgan fingerprint density at radius 1 is 1.25 bits per heavy atom. The number of carbonyl (C=O) groups excluding carboxylic acids is 1. The first-order valence-corrected chi connectivity index (χ1v) is 6.93. The number of hydrogen-bond donors (Lipinski definition) is 1. The van der Waals surface area contributed by atoms with Gasteiger partial charge in [-0.1, -0.05) is 22.0 Å². The van der Waals surface area contributed by atoms with Crippen LogP contribution in [0.15, 0.2) is 45.5 Å². The number of rotatable bonds is 3. The van der Waals surface area contributed by atoms with Crippen molar-refractivity contribution >= 4 is 49.3 Å². The molecule has 1 heterocycles. The van der Waals surface area contributed by atoms with Gasteiger partial charge in [0.15, 0.2) is 0 Å². The zero-order valence-electron chi connectivity index (χ0n) is 9.84. The third-order valence-electron chi connectivity index (χ3n) is 2.31. The third-order valence-corrected chi connectivity index (χ3v) is 3.21. The number of nitrogens with zero attached hydrogens (tertiary/aromatic N) is 2. The highest BCUT2D eigenvalue weighted by atomic mass is 79.9. The number of non-ortho nitro benzene ring substituents is 1. The van der Waals surface area contributed by atoms with Gasteiger partial charge in [-0.05, 0) is 34.1 Å². The third kappa shape index (κ3) is 3.61. The van der Waals surface area contributed by atoms with E-state index in [1.807, 2.05) is 0 Å². The van der Waals surface area contributed by atoms with E-state index in [0.717, 1.165) is 0 Å². The quantitative estimate of drug-likeness (QED) is 0.482. The van der Waals surface area contributed by atoms with Crippen LogP contribution in [0.3, 0.4) is 0 Å². The molecule has 0 atom stereocenters. The second-order valence-corrected chi connectivity index (χ2v) is 5.48. The molecule has 0 aliphatic rings. The molecule has 1 N–H and O–H groups in total. The van der Waals surface area contributed by atoms with E-state index >= 15 is 0 Å². The van der Waals surface area contributed by atoms with Crippen LogP contribution in [0.1, 0.15) is 10.4 Å². The van der Waals surface area contributed by atoms with Gasteiger partial charge in [-0.3, -0.25) is 14.9 Å². The van der Waals surface area contributed by atoms with Gasteiger partial charge in [0, 0.05) is 22.2 Å². The van der Waals surface area contributed by atoms with Crippen LogP contribution >= 0.6 is 31.9 Å². The molecule has 0 saturated carbocycles. The number of amides is 1. The molecule has 1 aromatic carbocycles. The zero-order chi connectivity index (χ0) is 14.7. The predicted molar refractivity (Wildman–Crippen MR) is 80.7 cm³/mol. The molecule has 8 heteroatoms. The number of nitro groups is 1. The van der Waals surface area contributed by atoms with Crippen molar-refractivity contribution in [1.29, 1.82) is 0 Å². The molecule has 2 aromatic rings. The molecular formula is C12H7Br2N3O3. The minimum atomic E-state index is -0.557. The minimum Gasteiger partial charge on any atom is -0.307 e. The van der Waals surface area contributed by atoms with Gasteiger partial charge in [0.2, 0.25) is 0 Å². The molecule has 20 heavy (non-hydrogen) atoms. The Labute approximate surface area is 130 Å². The molecule has 0 saturated heterocycles. The van der Waals surface area contributed by atoms with Crippen molar-refractivity contribution < 1.29 is 9.72 Å². The lowest BCUT2D eigenvalue weighted by molar-refractivity contribution is -0.384. The van der Waals surface area contributed by atoms with Crippen LogP contribution in [-0.2, 0) is 0 Å². The number of pyridine rings is 1. The van der Waals surface area contributed by atoms with Gasteiger partial charge in [-0.15, -0.1) is 0 Å². The summed E-state index contributed by atoms with van der Waals surface area (Å²) in [6, 6.07) is 9.09. The highest BCUT2D eigenvalue weighted by molar-refractivity contribution is 9.10. The lowest BCUT2D eigenvalue weighted by Crippen LogP contribution is -2.13. The van der Waals surface area contributed by atoms with Crippen molar-refractivity contribution in [2.75, 3.05) is 5.32 Å². The van der Waals surface area contributed by atoms with Gasteiger partial charge >= 0.3 is 0 Å². The number of nitro benzene ring substituents is 1. The fourth-order valence-electron chi connectivity index (χ4n) is 1.48. The van der Waals surface area contributed by atoms with Crippen LogP contribution in [0, 0.1) is 10.1 Å². The summed E-state index contributed by atoms with van der Waals surface area (Å²) in [6.45, 7) is 0. The summed E-state index contributed by atoms with van der Waals surface area (Å²) in [6.07, 6.45) is 0. The number of benzene rings is 1. The minimum absolute atomic E-state index is 0.160. The van der Waals surface area contributed by atoms with E-state index in [9.17, 15) is 14.9 Å². The topological polar surface area (TPSA) is 85.1 Å². The van der Waals surface area contributed by atoms with E-state index in [0.29, 0.717) is 14.9 Å². The van der Waals surface area contributed by atoms with Crippen molar-refractivity contribution in [1.82, 2.24) is 4.98 Å². The van der Waals surface area contributed by atoms with Gasteiger partial charge in [0.05, 0.1) is 4.92 Å². The molecule has 6 nitrogen and oxygen atoms in total. The van der Waals surface area contributed by atoms with Crippen molar-refractivity contribution in [3.63, 3.8) is 0 Å². The first-order chi connectivity index (χ1) is 9.45. The number of carbonyl (C=O) groups is 1. The maximum Gasteiger partial charge on any atom is 0.271 e. The molecule has 0 spiro atoms. The maximum atomic E-state index is 12.0. The summed E-state index contributed by atoms with van der Waals surface area (Å²) in [5.74, 6) is -0.119. The van der Waals surface area contributed by atoms with E-state index in [-0.39, 0.29) is 11.3 Å². The average Bonchev–Trinajstić information content (AvgIpc) is 2.37. The lowest BCUT2D eigenvalue weighted by Gasteiger charge is -2.05. The highest BCUT2D eigenvalue weighted by Crippen LogP contribution is 2.22. The first kappa shape index (κ1) is 14.6. The summed E-state index contributed by atoms with van der Waals surface area (Å²) in [4.78, 5) is 26.3. The van der Waals surface area contributed by atoms with E-state index in [2.05, 4.69) is 42.2 Å². The van der Waals surface area contributed by atoms with Crippen molar-refractivity contribution in [2.24, 2.45) is 0 Å². The molecule has 2 rings (SSSR count). The average molecular weight is 401 g/mol.